The third kappa shape index (κ3) is 4.51. The SMILES string of the molecule is NC(=NN=Cc1ccc2c(c1)OC(F)(F)C(F)(F)O2)SCc1ccccc1. The first kappa shape index (κ1) is 19.0. The van der Waals surface area contributed by atoms with Gasteiger partial charge in [0.1, 0.15) is 0 Å². The van der Waals surface area contributed by atoms with E-state index in [4.69, 9.17) is 5.73 Å². The number of fused-ring (bicyclic) bond motifs is 1. The molecule has 27 heavy (non-hydrogen) atoms. The number of hydrogen-bond donors (Lipinski definition) is 1. The van der Waals surface area contributed by atoms with Crippen LogP contribution in [0.4, 0.5) is 17.6 Å². The third-order valence-electron chi connectivity index (χ3n) is 3.38. The molecule has 0 radical (unpaired) electrons. The zero-order valence-electron chi connectivity index (χ0n) is 13.6. The van der Waals surface area contributed by atoms with Crippen LogP contribution >= 0.6 is 11.8 Å². The van der Waals surface area contributed by atoms with Gasteiger partial charge in [-0.1, -0.05) is 42.1 Å². The quantitative estimate of drug-likeness (QED) is 0.362. The Bertz CT molecular complexity index is 876. The maximum Gasteiger partial charge on any atom is 0.507 e. The Morgan fingerprint density at radius 1 is 1.00 bits per heavy atom. The molecule has 0 aromatic heterocycles. The van der Waals surface area contributed by atoms with Crippen LogP contribution in [-0.2, 0) is 5.75 Å². The number of hydrogen-bond acceptors (Lipinski definition) is 5. The highest BCUT2D eigenvalue weighted by Crippen LogP contribution is 2.46. The molecule has 2 aromatic rings. The number of nitrogens with zero attached hydrogens (tertiary/aromatic N) is 2. The van der Waals surface area contributed by atoms with Gasteiger partial charge in [0.15, 0.2) is 16.7 Å². The van der Waals surface area contributed by atoms with Gasteiger partial charge < -0.3 is 15.2 Å². The van der Waals surface area contributed by atoms with Crippen molar-refractivity contribution in [3.05, 3.63) is 59.7 Å². The Kier molecular flexibility index (Phi) is 5.26. The lowest BCUT2D eigenvalue weighted by Crippen LogP contribution is -2.52. The molecular formula is C17H13F4N3O2S. The zero-order chi connectivity index (χ0) is 19.5. The summed E-state index contributed by atoms with van der Waals surface area (Å²) in [4.78, 5) is 0. The molecule has 0 unspecified atom stereocenters. The van der Waals surface area contributed by atoms with Crippen LogP contribution in [0.3, 0.4) is 0 Å². The molecule has 1 aliphatic rings. The van der Waals surface area contributed by atoms with Gasteiger partial charge in [0.05, 0.1) is 6.21 Å². The minimum atomic E-state index is -4.77. The van der Waals surface area contributed by atoms with E-state index in [9.17, 15) is 17.6 Å². The highest BCUT2D eigenvalue weighted by molar-refractivity contribution is 8.13. The highest BCUT2D eigenvalue weighted by Gasteiger charge is 2.65. The van der Waals surface area contributed by atoms with Gasteiger partial charge in [0, 0.05) is 5.75 Å². The van der Waals surface area contributed by atoms with E-state index in [1.54, 1.807) is 0 Å². The van der Waals surface area contributed by atoms with Crippen molar-refractivity contribution in [2.24, 2.45) is 15.9 Å². The molecule has 10 heteroatoms. The van der Waals surface area contributed by atoms with E-state index in [1.165, 1.54) is 24.0 Å². The molecule has 0 fully saturated rings. The van der Waals surface area contributed by atoms with Crippen LogP contribution in [-0.4, -0.2) is 23.6 Å². The lowest BCUT2D eigenvalue weighted by molar-refractivity contribution is -0.391. The average molecular weight is 399 g/mol. The van der Waals surface area contributed by atoms with E-state index in [2.05, 4.69) is 19.7 Å². The van der Waals surface area contributed by atoms with Gasteiger partial charge in [0.2, 0.25) is 0 Å². The topological polar surface area (TPSA) is 69.2 Å². The van der Waals surface area contributed by atoms with Crippen LogP contribution < -0.4 is 15.2 Å². The van der Waals surface area contributed by atoms with Gasteiger partial charge >= 0.3 is 12.2 Å². The predicted octanol–water partition coefficient (Wildman–Crippen LogP) is 4.23. The van der Waals surface area contributed by atoms with Crippen LogP contribution in [0.15, 0.2) is 58.7 Å². The molecule has 0 amide bonds. The van der Waals surface area contributed by atoms with Crippen molar-refractivity contribution in [2.45, 2.75) is 18.0 Å². The molecule has 0 atom stereocenters. The Morgan fingerprint density at radius 2 is 1.67 bits per heavy atom. The lowest BCUT2D eigenvalue weighted by atomic mass is 10.2. The van der Waals surface area contributed by atoms with Crippen molar-refractivity contribution in [2.75, 3.05) is 0 Å². The fraction of sp³-hybridized carbons (Fsp3) is 0.176. The summed E-state index contributed by atoms with van der Waals surface area (Å²) < 4.78 is 60.6. The molecule has 0 saturated heterocycles. The zero-order valence-corrected chi connectivity index (χ0v) is 14.4. The molecule has 0 saturated carbocycles. The molecule has 1 aliphatic heterocycles. The summed E-state index contributed by atoms with van der Waals surface area (Å²) in [7, 11) is 0. The minimum Gasteiger partial charge on any atom is -0.421 e. The largest absolute Gasteiger partial charge is 0.507 e. The van der Waals surface area contributed by atoms with Gasteiger partial charge in [-0.05, 0) is 29.3 Å². The molecule has 0 aliphatic carbocycles. The number of benzene rings is 2. The summed E-state index contributed by atoms with van der Waals surface area (Å²) in [6, 6.07) is 13.1. The number of amidine groups is 1. The van der Waals surface area contributed by atoms with E-state index in [0.29, 0.717) is 11.3 Å². The van der Waals surface area contributed by atoms with Gasteiger partial charge in [-0.3, -0.25) is 0 Å². The van der Waals surface area contributed by atoms with Crippen molar-refractivity contribution in [1.29, 1.82) is 0 Å². The Morgan fingerprint density at radius 3 is 2.37 bits per heavy atom. The van der Waals surface area contributed by atoms with Crippen LogP contribution in [0.2, 0.25) is 0 Å². The van der Waals surface area contributed by atoms with E-state index in [-0.39, 0.29) is 5.17 Å². The fourth-order valence-corrected chi connectivity index (χ4v) is 2.69. The van der Waals surface area contributed by atoms with Crippen molar-refractivity contribution in [3.63, 3.8) is 0 Å². The van der Waals surface area contributed by atoms with Crippen molar-refractivity contribution < 1.29 is 27.0 Å². The molecule has 3 rings (SSSR count). The van der Waals surface area contributed by atoms with Gasteiger partial charge in [-0.2, -0.15) is 22.7 Å². The van der Waals surface area contributed by atoms with E-state index >= 15 is 0 Å². The first-order valence-corrected chi connectivity index (χ1v) is 8.56. The molecule has 5 nitrogen and oxygen atoms in total. The average Bonchev–Trinajstić information content (AvgIpc) is 2.61. The van der Waals surface area contributed by atoms with Crippen molar-refractivity contribution in [1.82, 2.24) is 0 Å². The number of ether oxygens (including phenoxy) is 2. The number of rotatable bonds is 4. The highest BCUT2D eigenvalue weighted by atomic mass is 32.2. The van der Waals surface area contributed by atoms with Gasteiger partial charge in [-0.25, -0.2) is 0 Å². The third-order valence-corrected chi connectivity index (χ3v) is 4.23. The summed E-state index contributed by atoms with van der Waals surface area (Å²) in [6.07, 6.45) is -8.29. The molecule has 0 bridgehead atoms. The van der Waals surface area contributed by atoms with E-state index in [0.717, 1.165) is 17.7 Å². The first-order valence-electron chi connectivity index (χ1n) is 7.58. The van der Waals surface area contributed by atoms with Crippen molar-refractivity contribution in [3.8, 4) is 11.5 Å². The summed E-state index contributed by atoms with van der Waals surface area (Å²) in [5.41, 5.74) is 7.09. The summed E-state index contributed by atoms with van der Waals surface area (Å²) >= 11 is 1.27. The van der Waals surface area contributed by atoms with Crippen LogP contribution in [0, 0.1) is 0 Å². The molecule has 2 N–H and O–H groups in total. The summed E-state index contributed by atoms with van der Waals surface area (Å²) in [6.45, 7) is 0. The van der Waals surface area contributed by atoms with E-state index < -0.39 is 23.7 Å². The smallest absolute Gasteiger partial charge is 0.421 e. The summed E-state index contributed by atoms with van der Waals surface area (Å²) in [5.74, 6) is -0.409. The molecule has 142 valence electrons. The Labute approximate surface area is 155 Å². The molecule has 2 aromatic carbocycles. The summed E-state index contributed by atoms with van der Waals surface area (Å²) in [5, 5.41) is 7.74. The second-order valence-corrected chi connectivity index (χ2v) is 6.40. The standard InChI is InChI=1S/C17H13F4N3O2S/c18-16(19)17(20,21)26-14-8-12(6-7-13(14)25-16)9-23-24-15(22)27-10-11-4-2-1-3-5-11/h1-9H,10H2,(H2,22,24). The minimum absolute atomic E-state index is 0.207. The Hall–Kier alpha value is -2.75. The maximum absolute atomic E-state index is 13.2. The first-order chi connectivity index (χ1) is 12.8. The number of halogens is 4. The second kappa shape index (κ2) is 7.47. The normalized spacial score (nSPS) is 17.9. The van der Waals surface area contributed by atoms with Crippen LogP contribution in [0.5, 0.6) is 11.5 Å². The monoisotopic (exact) mass is 399 g/mol. The molecule has 0 spiro atoms. The fourth-order valence-electron chi connectivity index (χ4n) is 2.08. The molecule has 1 heterocycles. The maximum atomic E-state index is 13.2. The number of alkyl halides is 4. The lowest BCUT2D eigenvalue weighted by Gasteiger charge is -2.31. The van der Waals surface area contributed by atoms with Crippen LogP contribution in [0.25, 0.3) is 0 Å². The Balaban J connectivity index is 1.64. The number of nitrogens with two attached hydrogens (primary N) is 1. The van der Waals surface area contributed by atoms with Crippen LogP contribution in [0.1, 0.15) is 11.1 Å². The van der Waals surface area contributed by atoms with E-state index in [1.807, 2.05) is 30.3 Å². The number of thioether (sulfide) groups is 1. The van der Waals surface area contributed by atoms with Gasteiger partial charge in [0.25, 0.3) is 0 Å². The van der Waals surface area contributed by atoms with Crippen molar-refractivity contribution >= 4 is 23.1 Å². The van der Waals surface area contributed by atoms with Gasteiger partial charge in [-0.15, -0.1) is 5.10 Å². The molecular weight excluding hydrogens is 386 g/mol. The predicted molar refractivity (Wildman–Crippen MR) is 94.5 cm³/mol. The second-order valence-electron chi connectivity index (χ2n) is 5.40.